The second-order valence-corrected chi connectivity index (χ2v) is 9.42. The largest absolute Gasteiger partial charge is 0.456 e. The summed E-state index contributed by atoms with van der Waals surface area (Å²) >= 11 is 0. The van der Waals surface area contributed by atoms with Gasteiger partial charge in [0.2, 0.25) is 5.95 Å². The number of ether oxygens (including phenoxy) is 1. The van der Waals surface area contributed by atoms with E-state index in [4.69, 9.17) is 21.1 Å². The maximum Gasteiger partial charge on any atom is 0.235 e. The minimum Gasteiger partial charge on any atom is -0.456 e. The Kier molecular flexibility index (Phi) is 5.35. The van der Waals surface area contributed by atoms with E-state index in [1.807, 2.05) is 60.7 Å². The molecule has 184 valence electrons. The molecule has 0 saturated carbocycles. The SMILES string of the molecule is C#C/C=C\C1=C(C)c2c(n(-c3nc(-c4ccccc4)c4ccccc4n3)c3ccccc23)-c2ccccc2O1. The number of fused-ring (bicyclic) bond motifs is 6. The van der Waals surface area contributed by atoms with Gasteiger partial charge < -0.3 is 4.74 Å². The molecule has 2 aromatic heterocycles. The fourth-order valence-electron chi connectivity index (χ4n) is 5.42. The summed E-state index contributed by atoms with van der Waals surface area (Å²) in [7, 11) is 0. The van der Waals surface area contributed by atoms with E-state index >= 15 is 0 Å². The minimum atomic E-state index is 0.607. The van der Waals surface area contributed by atoms with E-state index in [2.05, 4.69) is 65.9 Å². The number of terminal acetylenes is 1. The van der Waals surface area contributed by atoms with Crippen LogP contribution < -0.4 is 4.74 Å². The topological polar surface area (TPSA) is 39.9 Å². The van der Waals surface area contributed by atoms with Crippen LogP contribution in [-0.4, -0.2) is 14.5 Å². The van der Waals surface area contributed by atoms with E-state index in [9.17, 15) is 0 Å². The zero-order valence-electron chi connectivity index (χ0n) is 21.3. The normalized spacial score (nSPS) is 12.7. The van der Waals surface area contributed by atoms with Gasteiger partial charge in [0.05, 0.1) is 22.4 Å². The van der Waals surface area contributed by atoms with E-state index in [0.717, 1.165) is 61.2 Å². The van der Waals surface area contributed by atoms with Crippen LogP contribution in [-0.2, 0) is 0 Å². The van der Waals surface area contributed by atoms with E-state index < -0.39 is 0 Å². The van der Waals surface area contributed by atoms with Gasteiger partial charge in [0.15, 0.2) is 0 Å². The van der Waals surface area contributed by atoms with Crippen LogP contribution in [0.15, 0.2) is 121 Å². The second kappa shape index (κ2) is 9.16. The molecule has 6 aromatic rings. The smallest absolute Gasteiger partial charge is 0.235 e. The Morgan fingerprint density at radius 3 is 2.36 bits per heavy atom. The molecule has 4 aromatic carbocycles. The number of para-hydroxylation sites is 3. The van der Waals surface area contributed by atoms with Crippen molar-refractivity contribution < 1.29 is 4.74 Å². The van der Waals surface area contributed by atoms with E-state index in [1.54, 1.807) is 6.08 Å². The summed E-state index contributed by atoms with van der Waals surface area (Å²) in [5.74, 6) is 4.66. The van der Waals surface area contributed by atoms with Crippen molar-refractivity contribution in [3.05, 3.63) is 127 Å². The van der Waals surface area contributed by atoms with Gasteiger partial charge in [-0.2, -0.15) is 0 Å². The highest BCUT2D eigenvalue weighted by Crippen LogP contribution is 2.46. The molecule has 0 amide bonds. The summed E-state index contributed by atoms with van der Waals surface area (Å²) in [5, 5.41) is 2.10. The van der Waals surface area contributed by atoms with Gasteiger partial charge in [-0.1, -0.05) is 84.8 Å². The van der Waals surface area contributed by atoms with Crippen LogP contribution in [0.1, 0.15) is 12.5 Å². The predicted molar refractivity (Wildman–Crippen MR) is 158 cm³/mol. The number of hydrogen-bond acceptors (Lipinski definition) is 3. The molecule has 0 aliphatic carbocycles. The molecule has 0 saturated heterocycles. The molecule has 7 rings (SSSR count). The first-order chi connectivity index (χ1) is 19.2. The Morgan fingerprint density at radius 2 is 1.51 bits per heavy atom. The van der Waals surface area contributed by atoms with Crippen LogP contribution in [0.3, 0.4) is 0 Å². The first kappa shape index (κ1) is 22.8. The van der Waals surface area contributed by atoms with Gasteiger partial charge in [-0.05, 0) is 43.3 Å². The zero-order valence-corrected chi connectivity index (χ0v) is 21.3. The van der Waals surface area contributed by atoms with Crippen molar-refractivity contribution in [2.75, 3.05) is 0 Å². The maximum absolute atomic E-state index is 6.46. The predicted octanol–water partition coefficient (Wildman–Crippen LogP) is 8.22. The average molecular weight is 502 g/mol. The molecule has 0 atom stereocenters. The minimum absolute atomic E-state index is 0.607. The third kappa shape index (κ3) is 3.64. The third-order valence-corrected chi connectivity index (χ3v) is 7.15. The molecule has 0 unspecified atom stereocenters. The molecule has 4 nitrogen and oxygen atoms in total. The Bertz CT molecular complexity index is 2010. The molecular formula is C35H23N3O. The highest BCUT2D eigenvalue weighted by molar-refractivity contribution is 6.04. The second-order valence-electron chi connectivity index (χ2n) is 9.42. The van der Waals surface area contributed by atoms with Crippen LogP contribution in [0.5, 0.6) is 5.75 Å². The fourth-order valence-corrected chi connectivity index (χ4v) is 5.42. The van der Waals surface area contributed by atoms with Crippen molar-refractivity contribution in [1.82, 2.24) is 14.5 Å². The van der Waals surface area contributed by atoms with Crippen molar-refractivity contribution in [3.63, 3.8) is 0 Å². The molecule has 0 spiro atoms. The van der Waals surface area contributed by atoms with Crippen molar-refractivity contribution >= 4 is 27.4 Å². The first-order valence-electron chi connectivity index (χ1n) is 12.8. The molecule has 1 aliphatic heterocycles. The average Bonchev–Trinajstić information content (AvgIpc) is 3.28. The van der Waals surface area contributed by atoms with Crippen LogP contribution in [0.25, 0.3) is 55.8 Å². The molecule has 0 fully saturated rings. The monoisotopic (exact) mass is 501 g/mol. The molecular weight excluding hydrogens is 478 g/mol. The highest BCUT2D eigenvalue weighted by Gasteiger charge is 2.28. The summed E-state index contributed by atoms with van der Waals surface area (Å²) in [6.07, 6.45) is 9.09. The summed E-state index contributed by atoms with van der Waals surface area (Å²) < 4.78 is 8.63. The fraction of sp³-hybridized carbons (Fsp3) is 0.0286. The molecule has 0 N–H and O–H groups in total. The Labute approximate surface area is 226 Å². The third-order valence-electron chi connectivity index (χ3n) is 7.15. The lowest BCUT2D eigenvalue weighted by atomic mass is 9.99. The zero-order chi connectivity index (χ0) is 26.3. The van der Waals surface area contributed by atoms with Crippen LogP contribution in [0.4, 0.5) is 0 Å². The first-order valence-corrected chi connectivity index (χ1v) is 12.8. The number of allylic oxidation sites excluding steroid dienone is 3. The lowest BCUT2D eigenvalue weighted by Crippen LogP contribution is -2.05. The summed E-state index contributed by atoms with van der Waals surface area (Å²) in [6.45, 7) is 2.08. The summed E-state index contributed by atoms with van der Waals surface area (Å²) in [4.78, 5) is 10.3. The highest BCUT2D eigenvalue weighted by atomic mass is 16.5. The Balaban J connectivity index is 1.64. The molecule has 0 radical (unpaired) electrons. The lowest BCUT2D eigenvalue weighted by Gasteiger charge is -2.15. The van der Waals surface area contributed by atoms with Gasteiger partial charge >= 0.3 is 0 Å². The van der Waals surface area contributed by atoms with Gasteiger partial charge in [0, 0.05) is 33.0 Å². The molecule has 39 heavy (non-hydrogen) atoms. The lowest BCUT2D eigenvalue weighted by molar-refractivity contribution is 0.449. The summed E-state index contributed by atoms with van der Waals surface area (Å²) in [6, 6.07) is 34.9. The van der Waals surface area contributed by atoms with Crippen molar-refractivity contribution in [1.29, 1.82) is 0 Å². The summed E-state index contributed by atoms with van der Waals surface area (Å²) in [5.41, 5.74) is 7.86. The van der Waals surface area contributed by atoms with Gasteiger partial charge in [0.1, 0.15) is 11.5 Å². The number of aromatic nitrogens is 3. The molecule has 0 bridgehead atoms. The van der Waals surface area contributed by atoms with Crippen molar-refractivity contribution in [2.45, 2.75) is 6.92 Å². The quantitative estimate of drug-likeness (QED) is 0.229. The number of nitrogens with zero attached hydrogens (tertiary/aromatic N) is 3. The van der Waals surface area contributed by atoms with Gasteiger partial charge in [-0.15, -0.1) is 6.42 Å². The van der Waals surface area contributed by atoms with Crippen molar-refractivity contribution in [3.8, 4) is 46.6 Å². The van der Waals surface area contributed by atoms with E-state index in [1.165, 1.54) is 0 Å². The van der Waals surface area contributed by atoms with E-state index in [0.29, 0.717) is 11.7 Å². The van der Waals surface area contributed by atoms with Gasteiger partial charge in [-0.25, -0.2) is 9.97 Å². The van der Waals surface area contributed by atoms with Gasteiger partial charge in [0.25, 0.3) is 0 Å². The van der Waals surface area contributed by atoms with Crippen molar-refractivity contribution in [2.24, 2.45) is 0 Å². The number of benzene rings is 4. The van der Waals surface area contributed by atoms with Crippen LogP contribution >= 0.6 is 0 Å². The molecule has 3 heterocycles. The molecule has 4 heteroatoms. The Morgan fingerprint density at radius 1 is 0.795 bits per heavy atom. The van der Waals surface area contributed by atoms with E-state index in [-0.39, 0.29) is 0 Å². The Hall–Kier alpha value is -5.40. The standard InChI is InChI=1S/C35H23N3O/c1-3-4-21-30-23(2)32-26-17-9-12-20-29(26)38(34(32)27-18-10-13-22-31(27)39-30)35-36-28-19-11-8-16-25(28)33(37-35)24-14-6-5-7-15-24/h1,4-22H,2H3/b21-4-. The molecule has 1 aliphatic rings. The number of hydrogen-bond donors (Lipinski definition) is 0. The number of rotatable bonds is 3. The van der Waals surface area contributed by atoms with Crippen LogP contribution in [0, 0.1) is 12.3 Å². The van der Waals surface area contributed by atoms with Crippen LogP contribution in [0.2, 0.25) is 0 Å². The van der Waals surface area contributed by atoms with Gasteiger partial charge in [-0.3, -0.25) is 4.57 Å². The maximum atomic E-state index is 6.46.